The second-order valence-corrected chi connectivity index (χ2v) is 6.16. The Labute approximate surface area is 140 Å². The normalized spacial score (nSPS) is 16.5. The number of furan rings is 1. The van der Waals surface area contributed by atoms with E-state index in [1.807, 2.05) is 12.1 Å². The van der Waals surface area contributed by atoms with Gasteiger partial charge >= 0.3 is 0 Å². The van der Waals surface area contributed by atoms with E-state index >= 15 is 0 Å². The van der Waals surface area contributed by atoms with Gasteiger partial charge in [-0.15, -0.1) is 0 Å². The highest BCUT2D eigenvalue weighted by Crippen LogP contribution is 2.09. The summed E-state index contributed by atoms with van der Waals surface area (Å²) < 4.78 is 5.31. The standard InChI is InChI=1S/C18H32N4O/c1-2-19-18(21-16-17-10-9-15-23-17)20-11-5-3-6-12-22-13-7-4-8-14-22/h9-10,15H,2-8,11-14,16H2,1H3,(H2,19,20,21). The summed E-state index contributed by atoms with van der Waals surface area (Å²) in [5, 5.41) is 6.68. The van der Waals surface area contributed by atoms with E-state index < -0.39 is 0 Å². The van der Waals surface area contributed by atoms with Crippen LogP contribution in [0.3, 0.4) is 0 Å². The molecule has 1 aliphatic rings. The van der Waals surface area contributed by atoms with Crippen LogP contribution in [0, 0.1) is 0 Å². The fourth-order valence-electron chi connectivity index (χ4n) is 2.93. The molecule has 2 heterocycles. The molecule has 0 aromatic carbocycles. The lowest BCUT2D eigenvalue weighted by molar-refractivity contribution is 0.224. The van der Waals surface area contributed by atoms with Gasteiger partial charge in [-0.05, 0) is 64.4 Å². The molecule has 0 unspecified atom stereocenters. The molecule has 1 aromatic rings. The van der Waals surface area contributed by atoms with Crippen molar-refractivity contribution in [2.24, 2.45) is 4.99 Å². The van der Waals surface area contributed by atoms with Crippen molar-refractivity contribution < 1.29 is 4.42 Å². The molecule has 0 radical (unpaired) electrons. The second-order valence-electron chi connectivity index (χ2n) is 6.16. The third-order valence-electron chi connectivity index (χ3n) is 4.21. The molecular weight excluding hydrogens is 288 g/mol. The SMILES string of the molecule is CCNC(=NCc1ccco1)NCCCCCN1CCCCC1. The number of unbranched alkanes of at least 4 members (excludes halogenated alkanes) is 2. The molecule has 1 aromatic heterocycles. The van der Waals surface area contributed by atoms with Crippen LogP contribution < -0.4 is 10.6 Å². The molecule has 0 saturated carbocycles. The van der Waals surface area contributed by atoms with E-state index in [-0.39, 0.29) is 0 Å². The molecule has 0 aliphatic carbocycles. The van der Waals surface area contributed by atoms with E-state index in [0.29, 0.717) is 6.54 Å². The van der Waals surface area contributed by atoms with Gasteiger partial charge in [0.25, 0.3) is 0 Å². The molecule has 1 aliphatic heterocycles. The number of nitrogens with zero attached hydrogens (tertiary/aromatic N) is 2. The molecule has 1 saturated heterocycles. The van der Waals surface area contributed by atoms with Crippen molar-refractivity contribution >= 4 is 5.96 Å². The average Bonchev–Trinajstić information content (AvgIpc) is 3.10. The van der Waals surface area contributed by atoms with Crippen LogP contribution >= 0.6 is 0 Å². The first-order chi connectivity index (χ1) is 11.4. The second kappa shape index (κ2) is 11.1. The molecule has 23 heavy (non-hydrogen) atoms. The van der Waals surface area contributed by atoms with Crippen LogP contribution in [-0.4, -0.2) is 43.6 Å². The highest BCUT2D eigenvalue weighted by molar-refractivity contribution is 5.79. The molecule has 2 rings (SSSR count). The van der Waals surface area contributed by atoms with E-state index in [0.717, 1.165) is 24.8 Å². The summed E-state index contributed by atoms with van der Waals surface area (Å²) in [6.45, 7) is 8.40. The Hall–Kier alpha value is -1.49. The molecule has 0 bridgehead atoms. The number of hydrogen-bond acceptors (Lipinski definition) is 3. The topological polar surface area (TPSA) is 52.8 Å². The quantitative estimate of drug-likeness (QED) is 0.417. The van der Waals surface area contributed by atoms with Crippen LogP contribution in [0.5, 0.6) is 0 Å². The highest BCUT2D eigenvalue weighted by atomic mass is 16.3. The molecule has 0 atom stereocenters. The Balaban J connectivity index is 1.55. The van der Waals surface area contributed by atoms with Crippen molar-refractivity contribution in [1.82, 2.24) is 15.5 Å². The molecule has 5 heteroatoms. The highest BCUT2D eigenvalue weighted by Gasteiger charge is 2.08. The number of piperidine rings is 1. The Morgan fingerprint density at radius 1 is 1.17 bits per heavy atom. The summed E-state index contributed by atoms with van der Waals surface area (Å²) in [6.07, 6.45) is 9.67. The van der Waals surface area contributed by atoms with Gasteiger partial charge in [0.1, 0.15) is 12.3 Å². The van der Waals surface area contributed by atoms with E-state index in [2.05, 4.69) is 27.4 Å². The number of nitrogens with one attached hydrogen (secondary N) is 2. The van der Waals surface area contributed by atoms with Crippen molar-refractivity contribution in [3.05, 3.63) is 24.2 Å². The Kier molecular flexibility index (Phi) is 8.62. The van der Waals surface area contributed by atoms with Gasteiger partial charge < -0.3 is 20.0 Å². The first kappa shape index (κ1) is 17.9. The largest absolute Gasteiger partial charge is 0.467 e. The summed E-state index contributed by atoms with van der Waals surface area (Å²) in [7, 11) is 0. The Morgan fingerprint density at radius 2 is 2.04 bits per heavy atom. The first-order valence-electron chi connectivity index (χ1n) is 9.15. The van der Waals surface area contributed by atoms with Gasteiger partial charge in [0.05, 0.1) is 6.26 Å². The van der Waals surface area contributed by atoms with Crippen LogP contribution in [0.2, 0.25) is 0 Å². The fraction of sp³-hybridized carbons (Fsp3) is 0.722. The van der Waals surface area contributed by atoms with Crippen molar-refractivity contribution in [3.8, 4) is 0 Å². The molecule has 0 spiro atoms. The molecule has 1 fully saturated rings. The fourth-order valence-corrected chi connectivity index (χ4v) is 2.93. The van der Waals surface area contributed by atoms with Gasteiger partial charge in [0.2, 0.25) is 0 Å². The van der Waals surface area contributed by atoms with Gasteiger partial charge in [0, 0.05) is 13.1 Å². The number of guanidine groups is 1. The van der Waals surface area contributed by atoms with Gasteiger partial charge in [0.15, 0.2) is 5.96 Å². The maximum Gasteiger partial charge on any atom is 0.191 e. The van der Waals surface area contributed by atoms with Crippen LogP contribution in [0.25, 0.3) is 0 Å². The van der Waals surface area contributed by atoms with Crippen LogP contribution in [0.1, 0.15) is 51.2 Å². The summed E-state index contributed by atoms with van der Waals surface area (Å²) in [5.41, 5.74) is 0. The first-order valence-corrected chi connectivity index (χ1v) is 9.15. The van der Waals surface area contributed by atoms with Gasteiger partial charge in [-0.25, -0.2) is 4.99 Å². The van der Waals surface area contributed by atoms with E-state index in [4.69, 9.17) is 4.42 Å². The van der Waals surface area contributed by atoms with Crippen molar-refractivity contribution in [3.63, 3.8) is 0 Å². The van der Waals surface area contributed by atoms with Crippen LogP contribution in [0.15, 0.2) is 27.8 Å². The number of hydrogen-bond donors (Lipinski definition) is 2. The lowest BCUT2D eigenvalue weighted by atomic mass is 10.1. The van der Waals surface area contributed by atoms with Gasteiger partial charge in [-0.3, -0.25) is 0 Å². The summed E-state index contributed by atoms with van der Waals surface area (Å²) in [4.78, 5) is 7.16. The molecular formula is C18H32N4O. The van der Waals surface area contributed by atoms with Crippen molar-refractivity contribution in [2.45, 2.75) is 52.0 Å². The lowest BCUT2D eigenvalue weighted by Crippen LogP contribution is -2.37. The maximum absolute atomic E-state index is 5.31. The smallest absolute Gasteiger partial charge is 0.191 e. The molecule has 130 valence electrons. The summed E-state index contributed by atoms with van der Waals surface area (Å²) in [6, 6.07) is 3.85. The summed E-state index contributed by atoms with van der Waals surface area (Å²) in [5.74, 6) is 1.77. The minimum absolute atomic E-state index is 0.581. The number of rotatable bonds is 9. The third-order valence-corrected chi connectivity index (χ3v) is 4.21. The van der Waals surface area contributed by atoms with Crippen molar-refractivity contribution in [1.29, 1.82) is 0 Å². The zero-order valence-electron chi connectivity index (χ0n) is 14.5. The van der Waals surface area contributed by atoms with E-state index in [1.165, 1.54) is 58.2 Å². The molecule has 0 amide bonds. The molecule has 5 nitrogen and oxygen atoms in total. The monoisotopic (exact) mass is 320 g/mol. The summed E-state index contributed by atoms with van der Waals surface area (Å²) >= 11 is 0. The lowest BCUT2D eigenvalue weighted by Gasteiger charge is -2.26. The number of likely N-dealkylation sites (tertiary alicyclic amines) is 1. The van der Waals surface area contributed by atoms with E-state index in [1.54, 1.807) is 6.26 Å². The minimum atomic E-state index is 0.581. The zero-order valence-corrected chi connectivity index (χ0v) is 14.5. The van der Waals surface area contributed by atoms with Crippen LogP contribution in [-0.2, 0) is 6.54 Å². The van der Waals surface area contributed by atoms with Gasteiger partial charge in [-0.1, -0.05) is 12.8 Å². The molecule has 2 N–H and O–H groups in total. The van der Waals surface area contributed by atoms with Crippen molar-refractivity contribution in [2.75, 3.05) is 32.7 Å². The van der Waals surface area contributed by atoms with E-state index in [9.17, 15) is 0 Å². The number of aliphatic imine (C=N–C) groups is 1. The predicted octanol–water partition coefficient (Wildman–Crippen LogP) is 2.99. The average molecular weight is 320 g/mol. The minimum Gasteiger partial charge on any atom is -0.467 e. The zero-order chi connectivity index (χ0) is 16.2. The Bertz CT molecular complexity index is 424. The third kappa shape index (κ3) is 7.55. The van der Waals surface area contributed by atoms with Gasteiger partial charge in [-0.2, -0.15) is 0 Å². The van der Waals surface area contributed by atoms with Crippen LogP contribution in [0.4, 0.5) is 0 Å². The predicted molar refractivity (Wildman–Crippen MR) is 95.7 cm³/mol. The maximum atomic E-state index is 5.31. The Morgan fingerprint density at radius 3 is 2.78 bits per heavy atom.